The highest BCUT2D eigenvalue weighted by molar-refractivity contribution is 6.07. The molecule has 1 aliphatic carbocycles. The SMILES string of the molecule is CNC(=O)c1ccc(CN(C)c2cc(C(=O)NC3CC3)c3ccccc3n2)cc1. The third-order valence-corrected chi connectivity index (χ3v) is 5.11. The van der Waals surface area contributed by atoms with Crippen LogP contribution >= 0.6 is 0 Å². The zero-order valence-electron chi connectivity index (χ0n) is 16.6. The van der Waals surface area contributed by atoms with Crippen LogP contribution in [-0.4, -0.2) is 36.9 Å². The zero-order chi connectivity index (χ0) is 20.4. The van der Waals surface area contributed by atoms with Crippen LogP contribution in [0.2, 0.25) is 0 Å². The molecule has 1 heterocycles. The first-order valence-corrected chi connectivity index (χ1v) is 9.78. The molecule has 148 valence electrons. The molecule has 3 aromatic rings. The fraction of sp³-hybridized carbons (Fsp3) is 0.261. The standard InChI is InChI=1S/C23H24N4O2/c1-24-22(28)16-9-7-15(8-10-16)14-27(2)21-13-19(23(29)25-17-11-12-17)18-5-3-4-6-20(18)26-21/h3-10,13,17H,11-12,14H2,1-2H3,(H,24,28)(H,25,29). The quantitative estimate of drug-likeness (QED) is 0.680. The number of anilines is 1. The molecule has 1 fully saturated rings. The Morgan fingerprint density at radius 2 is 1.79 bits per heavy atom. The molecule has 29 heavy (non-hydrogen) atoms. The minimum Gasteiger partial charge on any atom is -0.355 e. The second-order valence-electron chi connectivity index (χ2n) is 7.43. The zero-order valence-corrected chi connectivity index (χ0v) is 16.6. The number of pyridine rings is 1. The minimum absolute atomic E-state index is 0.0457. The molecule has 2 aromatic carbocycles. The van der Waals surface area contributed by atoms with Gasteiger partial charge in [-0.05, 0) is 42.7 Å². The third-order valence-electron chi connectivity index (χ3n) is 5.11. The van der Waals surface area contributed by atoms with Crippen molar-refractivity contribution in [3.63, 3.8) is 0 Å². The number of nitrogens with one attached hydrogen (secondary N) is 2. The van der Waals surface area contributed by atoms with Crippen molar-refractivity contribution in [2.24, 2.45) is 0 Å². The number of carbonyl (C=O) groups is 2. The topological polar surface area (TPSA) is 74.3 Å². The normalized spacial score (nSPS) is 13.2. The Morgan fingerprint density at radius 3 is 2.48 bits per heavy atom. The maximum absolute atomic E-state index is 12.8. The fourth-order valence-electron chi connectivity index (χ4n) is 3.30. The van der Waals surface area contributed by atoms with Gasteiger partial charge in [0, 0.05) is 37.6 Å². The van der Waals surface area contributed by atoms with Crippen molar-refractivity contribution >= 4 is 28.5 Å². The first kappa shape index (κ1) is 18.9. The molecule has 4 rings (SSSR count). The number of rotatable bonds is 6. The van der Waals surface area contributed by atoms with Crippen molar-refractivity contribution < 1.29 is 9.59 Å². The summed E-state index contributed by atoms with van der Waals surface area (Å²) in [4.78, 5) is 31.2. The third kappa shape index (κ3) is 4.21. The summed E-state index contributed by atoms with van der Waals surface area (Å²) >= 11 is 0. The van der Waals surface area contributed by atoms with Crippen LogP contribution in [-0.2, 0) is 6.54 Å². The summed E-state index contributed by atoms with van der Waals surface area (Å²) in [6.45, 7) is 0.614. The number of amides is 2. The molecule has 1 aromatic heterocycles. The lowest BCUT2D eigenvalue weighted by atomic mass is 10.1. The molecule has 2 N–H and O–H groups in total. The van der Waals surface area contributed by atoms with E-state index in [4.69, 9.17) is 4.98 Å². The summed E-state index contributed by atoms with van der Waals surface area (Å²) in [5.74, 6) is 0.586. The van der Waals surface area contributed by atoms with Gasteiger partial charge in [0.25, 0.3) is 11.8 Å². The molecule has 0 atom stereocenters. The molecule has 0 saturated heterocycles. The number of hydrogen-bond donors (Lipinski definition) is 2. The van der Waals surface area contributed by atoms with E-state index in [-0.39, 0.29) is 11.8 Å². The van der Waals surface area contributed by atoms with E-state index in [0.29, 0.717) is 23.7 Å². The Labute approximate surface area is 169 Å². The van der Waals surface area contributed by atoms with E-state index in [9.17, 15) is 9.59 Å². The van der Waals surface area contributed by atoms with Gasteiger partial charge in [0.1, 0.15) is 5.82 Å². The van der Waals surface area contributed by atoms with Crippen molar-refractivity contribution in [3.8, 4) is 0 Å². The maximum atomic E-state index is 12.8. The summed E-state index contributed by atoms with van der Waals surface area (Å²) in [6, 6.07) is 17.4. The van der Waals surface area contributed by atoms with E-state index < -0.39 is 0 Å². The summed E-state index contributed by atoms with van der Waals surface area (Å²) in [5.41, 5.74) is 3.13. The van der Waals surface area contributed by atoms with Gasteiger partial charge in [-0.25, -0.2) is 4.98 Å². The van der Waals surface area contributed by atoms with Gasteiger partial charge in [-0.15, -0.1) is 0 Å². The van der Waals surface area contributed by atoms with Crippen molar-refractivity contribution in [2.45, 2.75) is 25.4 Å². The average molecular weight is 388 g/mol. The van der Waals surface area contributed by atoms with E-state index in [1.807, 2.05) is 66.5 Å². The summed E-state index contributed by atoms with van der Waals surface area (Å²) in [5, 5.41) is 6.56. The molecule has 0 radical (unpaired) electrons. The van der Waals surface area contributed by atoms with Crippen LogP contribution in [0.25, 0.3) is 10.9 Å². The minimum atomic E-state index is -0.104. The van der Waals surface area contributed by atoms with E-state index in [2.05, 4.69) is 10.6 Å². The van der Waals surface area contributed by atoms with Gasteiger partial charge in [-0.3, -0.25) is 9.59 Å². The number of carbonyl (C=O) groups excluding carboxylic acids is 2. The molecule has 6 heteroatoms. The van der Waals surface area contributed by atoms with Crippen LogP contribution in [0.5, 0.6) is 0 Å². The number of fused-ring (bicyclic) bond motifs is 1. The smallest absolute Gasteiger partial charge is 0.252 e. The monoisotopic (exact) mass is 388 g/mol. The highest BCUT2D eigenvalue weighted by atomic mass is 16.2. The van der Waals surface area contributed by atoms with Gasteiger partial charge < -0.3 is 15.5 Å². The molecule has 2 amide bonds. The van der Waals surface area contributed by atoms with Crippen LogP contribution in [0.4, 0.5) is 5.82 Å². The van der Waals surface area contributed by atoms with E-state index in [1.165, 1.54) is 0 Å². The lowest BCUT2D eigenvalue weighted by molar-refractivity contribution is 0.0948. The second kappa shape index (κ2) is 7.91. The van der Waals surface area contributed by atoms with Crippen LogP contribution in [0.15, 0.2) is 54.6 Å². The van der Waals surface area contributed by atoms with Crippen LogP contribution < -0.4 is 15.5 Å². The van der Waals surface area contributed by atoms with E-state index in [0.717, 1.165) is 35.1 Å². The molecule has 0 bridgehead atoms. The summed E-state index contributed by atoms with van der Waals surface area (Å²) in [7, 11) is 3.57. The van der Waals surface area contributed by atoms with Crippen LogP contribution in [0, 0.1) is 0 Å². The Kier molecular flexibility index (Phi) is 5.16. The van der Waals surface area contributed by atoms with Crippen molar-refractivity contribution in [2.75, 3.05) is 19.0 Å². The molecule has 0 aliphatic heterocycles. The number of benzene rings is 2. The van der Waals surface area contributed by atoms with Crippen LogP contribution in [0.3, 0.4) is 0 Å². The highest BCUT2D eigenvalue weighted by Gasteiger charge is 2.25. The molecule has 0 spiro atoms. The average Bonchev–Trinajstić information content (AvgIpc) is 3.56. The predicted molar refractivity (Wildman–Crippen MR) is 114 cm³/mol. The van der Waals surface area contributed by atoms with Crippen molar-refractivity contribution in [3.05, 3.63) is 71.3 Å². The maximum Gasteiger partial charge on any atom is 0.252 e. The number of nitrogens with zero attached hydrogens (tertiary/aromatic N) is 2. The van der Waals surface area contributed by atoms with Gasteiger partial charge in [-0.1, -0.05) is 30.3 Å². The number of aromatic nitrogens is 1. The molecule has 0 unspecified atom stereocenters. The molecule has 1 saturated carbocycles. The molecule has 6 nitrogen and oxygen atoms in total. The molecular formula is C23H24N4O2. The Morgan fingerprint density at radius 1 is 1.07 bits per heavy atom. The lowest BCUT2D eigenvalue weighted by Crippen LogP contribution is -2.26. The fourth-order valence-corrected chi connectivity index (χ4v) is 3.30. The van der Waals surface area contributed by atoms with E-state index >= 15 is 0 Å². The lowest BCUT2D eigenvalue weighted by Gasteiger charge is -2.20. The van der Waals surface area contributed by atoms with Gasteiger partial charge in [-0.2, -0.15) is 0 Å². The van der Waals surface area contributed by atoms with Gasteiger partial charge in [0.05, 0.1) is 11.1 Å². The summed E-state index contributed by atoms with van der Waals surface area (Å²) in [6.07, 6.45) is 2.10. The van der Waals surface area contributed by atoms with Crippen LogP contribution in [0.1, 0.15) is 39.1 Å². The number of para-hydroxylation sites is 1. The van der Waals surface area contributed by atoms with Gasteiger partial charge in [0.15, 0.2) is 0 Å². The van der Waals surface area contributed by atoms with E-state index in [1.54, 1.807) is 7.05 Å². The van der Waals surface area contributed by atoms with Gasteiger partial charge >= 0.3 is 0 Å². The first-order valence-electron chi connectivity index (χ1n) is 9.78. The Bertz CT molecular complexity index is 1060. The Hall–Kier alpha value is -3.41. The van der Waals surface area contributed by atoms with Crippen molar-refractivity contribution in [1.29, 1.82) is 0 Å². The largest absolute Gasteiger partial charge is 0.355 e. The molecular weight excluding hydrogens is 364 g/mol. The van der Waals surface area contributed by atoms with Crippen molar-refractivity contribution in [1.82, 2.24) is 15.6 Å². The predicted octanol–water partition coefficient (Wildman–Crippen LogP) is 3.12. The van der Waals surface area contributed by atoms with Gasteiger partial charge in [0.2, 0.25) is 0 Å². The highest BCUT2D eigenvalue weighted by Crippen LogP contribution is 2.25. The second-order valence-corrected chi connectivity index (χ2v) is 7.43. The Balaban J connectivity index is 1.60. The first-order chi connectivity index (χ1) is 14.0. The molecule has 1 aliphatic rings. The summed E-state index contributed by atoms with van der Waals surface area (Å²) < 4.78 is 0. The number of hydrogen-bond acceptors (Lipinski definition) is 4.